The van der Waals surface area contributed by atoms with Crippen LogP contribution in [0.2, 0.25) is 0 Å². The Morgan fingerprint density at radius 3 is 2.57 bits per heavy atom. The van der Waals surface area contributed by atoms with Gasteiger partial charge in [0.2, 0.25) is 11.6 Å². The van der Waals surface area contributed by atoms with Crippen molar-refractivity contribution in [2.75, 3.05) is 43.5 Å². The van der Waals surface area contributed by atoms with Gasteiger partial charge in [0, 0.05) is 33.1 Å². The second-order valence-corrected chi connectivity index (χ2v) is 9.03. The van der Waals surface area contributed by atoms with E-state index >= 15 is 0 Å². The Bertz CT molecular complexity index is 1030. The second kappa shape index (κ2) is 7.74. The quantitative estimate of drug-likeness (QED) is 0.765. The van der Waals surface area contributed by atoms with E-state index in [1.165, 1.54) is 11.4 Å². The molecular weight excluding hydrogens is 408 g/mol. The van der Waals surface area contributed by atoms with Crippen molar-refractivity contribution >= 4 is 38.5 Å². The normalized spacial score (nSPS) is 15.3. The van der Waals surface area contributed by atoms with Gasteiger partial charge < -0.3 is 14.1 Å². The lowest BCUT2D eigenvalue weighted by Crippen LogP contribution is -2.48. The maximum absolute atomic E-state index is 13.0. The lowest BCUT2D eigenvalue weighted by atomic mass is 10.3. The number of amides is 1. The number of nitrogens with zero attached hydrogens (tertiary/aromatic N) is 5. The van der Waals surface area contributed by atoms with Crippen molar-refractivity contribution in [3.05, 3.63) is 17.3 Å². The first-order chi connectivity index (χ1) is 13.3. The number of rotatable bonds is 4. The third-order valence-electron chi connectivity index (χ3n) is 4.07. The predicted molar refractivity (Wildman–Crippen MR) is 99.8 cm³/mol. The van der Waals surface area contributed by atoms with Crippen LogP contribution < -0.4 is 10.2 Å². The summed E-state index contributed by atoms with van der Waals surface area (Å²) in [7, 11) is -2.56. The Balaban J connectivity index is 1.75. The second-order valence-electron chi connectivity index (χ2n) is 5.90. The number of carbonyl (C=O) groups is 1. The highest BCUT2D eigenvalue weighted by Crippen LogP contribution is 2.31. The first-order valence-electron chi connectivity index (χ1n) is 8.21. The molecule has 1 aliphatic heterocycles. The van der Waals surface area contributed by atoms with E-state index in [1.807, 2.05) is 6.07 Å². The number of ether oxygens (including phenoxy) is 1. The van der Waals surface area contributed by atoms with Gasteiger partial charge in [-0.2, -0.15) is 9.57 Å². The molecule has 11 nitrogen and oxygen atoms in total. The van der Waals surface area contributed by atoms with Gasteiger partial charge in [-0.15, -0.1) is 0 Å². The predicted octanol–water partition coefficient (Wildman–Crippen LogP) is 1.31. The van der Waals surface area contributed by atoms with Gasteiger partial charge in [-0.25, -0.2) is 23.2 Å². The summed E-state index contributed by atoms with van der Waals surface area (Å²) in [4.78, 5) is 21.2. The van der Waals surface area contributed by atoms with Crippen LogP contribution in [0.3, 0.4) is 0 Å². The molecule has 0 radical (unpaired) electrons. The van der Waals surface area contributed by atoms with Crippen LogP contribution in [0.5, 0.6) is 0 Å². The fraction of sp³-hybridized carbons (Fsp3) is 0.467. The molecule has 1 aliphatic rings. The smallest absolute Gasteiger partial charge is 0.413 e. The van der Waals surface area contributed by atoms with Crippen LogP contribution in [-0.2, 0) is 14.8 Å². The van der Waals surface area contributed by atoms with Gasteiger partial charge in [0.05, 0.1) is 12.8 Å². The summed E-state index contributed by atoms with van der Waals surface area (Å²) >= 11 is 0.873. The summed E-state index contributed by atoms with van der Waals surface area (Å²) in [6.45, 7) is 4.35. The minimum Gasteiger partial charge on any atom is -0.453 e. The van der Waals surface area contributed by atoms with E-state index in [4.69, 9.17) is 9.68 Å². The summed E-state index contributed by atoms with van der Waals surface area (Å²) in [5.41, 5.74) is 0.488. The molecule has 1 amide bonds. The minimum absolute atomic E-state index is 0.0700. The van der Waals surface area contributed by atoms with Crippen molar-refractivity contribution in [1.82, 2.24) is 14.3 Å². The number of sulfonamides is 1. The third kappa shape index (κ3) is 3.79. The van der Waals surface area contributed by atoms with Crippen LogP contribution in [-0.4, -0.2) is 62.1 Å². The van der Waals surface area contributed by atoms with Crippen LogP contribution in [0.25, 0.3) is 0 Å². The number of nitrogens with one attached hydrogen (secondary N) is 1. The summed E-state index contributed by atoms with van der Waals surface area (Å²) in [6.07, 6.45) is -0.720. The molecule has 1 fully saturated rings. The molecule has 3 heterocycles. The molecule has 0 atom stereocenters. The fourth-order valence-electron chi connectivity index (χ4n) is 2.77. The van der Waals surface area contributed by atoms with E-state index in [0.29, 0.717) is 30.6 Å². The SMILES string of the molecule is COC(=O)Nc1nc(C)c(S(=O)(=O)N2CCN(c3oc(C)nc3C#N)CC2)s1. The molecule has 1 N–H and O–H groups in total. The zero-order valence-electron chi connectivity index (χ0n) is 15.4. The molecule has 0 aromatic carbocycles. The summed E-state index contributed by atoms with van der Waals surface area (Å²) in [5.74, 6) is 0.739. The molecule has 28 heavy (non-hydrogen) atoms. The van der Waals surface area contributed by atoms with E-state index in [9.17, 15) is 13.2 Å². The van der Waals surface area contributed by atoms with Crippen LogP contribution in [0.4, 0.5) is 15.8 Å². The number of thiazole rings is 1. The Morgan fingerprint density at radius 1 is 1.29 bits per heavy atom. The Kier molecular flexibility index (Phi) is 5.54. The third-order valence-corrected chi connectivity index (χ3v) is 7.63. The van der Waals surface area contributed by atoms with E-state index in [2.05, 4.69) is 20.0 Å². The molecule has 0 spiro atoms. The topological polar surface area (TPSA) is 142 Å². The Labute approximate surface area is 165 Å². The number of piperazine rings is 1. The van der Waals surface area contributed by atoms with Crippen molar-refractivity contribution in [1.29, 1.82) is 5.26 Å². The monoisotopic (exact) mass is 426 g/mol. The molecule has 13 heteroatoms. The molecular formula is C15H18N6O5S2. The van der Waals surface area contributed by atoms with Crippen molar-refractivity contribution < 1.29 is 22.4 Å². The molecule has 150 valence electrons. The van der Waals surface area contributed by atoms with Gasteiger partial charge in [0.1, 0.15) is 6.07 Å². The molecule has 0 unspecified atom stereocenters. The van der Waals surface area contributed by atoms with Gasteiger partial charge in [0.15, 0.2) is 15.2 Å². The number of nitriles is 1. The van der Waals surface area contributed by atoms with Gasteiger partial charge in [-0.3, -0.25) is 5.32 Å². The minimum atomic E-state index is -3.77. The van der Waals surface area contributed by atoms with Gasteiger partial charge >= 0.3 is 6.09 Å². The van der Waals surface area contributed by atoms with Crippen LogP contribution >= 0.6 is 11.3 Å². The van der Waals surface area contributed by atoms with E-state index in [0.717, 1.165) is 11.3 Å². The number of hydrogen-bond acceptors (Lipinski definition) is 10. The van der Waals surface area contributed by atoms with E-state index in [-0.39, 0.29) is 28.1 Å². The van der Waals surface area contributed by atoms with Gasteiger partial charge in [-0.05, 0) is 6.92 Å². The number of aryl methyl sites for hydroxylation is 2. The van der Waals surface area contributed by atoms with Crippen LogP contribution in [0.1, 0.15) is 17.3 Å². The number of hydrogen-bond donors (Lipinski definition) is 1. The number of aromatic nitrogens is 2. The van der Waals surface area contributed by atoms with Gasteiger partial charge in [-0.1, -0.05) is 11.3 Å². The van der Waals surface area contributed by atoms with Crippen molar-refractivity contribution in [2.45, 2.75) is 18.1 Å². The average Bonchev–Trinajstić information content (AvgIpc) is 3.24. The van der Waals surface area contributed by atoms with Crippen LogP contribution in [0, 0.1) is 25.2 Å². The molecule has 0 saturated carbocycles. The van der Waals surface area contributed by atoms with E-state index < -0.39 is 16.1 Å². The number of methoxy groups -OCH3 is 1. The lowest BCUT2D eigenvalue weighted by molar-refractivity contribution is 0.187. The standard InChI is InChI=1S/C15H18N6O5S2/c1-9-13(27-14(17-9)19-15(22)25-3)28(23,24)21-6-4-20(5-7-21)12-11(8-16)18-10(2)26-12/h4-7H2,1-3H3,(H,17,19,22). The molecule has 1 saturated heterocycles. The zero-order valence-corrected chi connectivity index (χ0v) is 17.1. The average molecular weight is 426 g/mol. The first-order valence-corrected chi connectivity index (χ1v) is 10.5. The highest BCUT2D eigenvalue weighted by atomic mass is 32.2. The highest BCUT2D eigenvalue weighted by Gasteiger charge is 2.33. The highest BCUT2D eigenvalue weighted by molar-refractivity contribution is 7.91. The number of carbonyl (C=O) groups excluding carboxylic acids is 1. The zero-order chi connectivity index (χ0) is 20.5. The van der Waals surface area contributed by atoms with Crippen molar-refractivity contribution in [3.63, 3.8) is 0 Å². The molecule has 2 aromatic rings. The summed E-state index contributed by atoms with van der Waals surface area (Å²) < 4.78 is 37.4. The molecule has 3 rings (SSSR count). The maximum Gasteiger partial charge on any atom is 0.413 e. The van der Waals surface area contributed by atoms with Crippen molar-refractivity contribution in [2.24, 2.45) is 0 Å². The molecule has 2 aromatic heterocycles. The first kappa shape index (κ1) is 20.1. The number of oxazole rings is 1. The van der Waals surface area contributed by atoms with E-state index in [1.54, 1.807) is 18.7 Å². The van der Waals surface area contributed by atoms with Gasteiger partial charge in [0.25, 0.3) is 10.0 Å². The summed E-state index contributed by atoms with van der Waals surface area (Å²) in [6, 6.07) is 1.98. The van der Waals surface area contributed by atoms with Crippen LogP contribution in [0.15, 0.2) is 8.63 Å². The van der Waals surface area contributed by atoms with Crippen molar-refractivity contribution in [3.8, 4) is 6.07 Å². The fourth-order valence-corrected chi connectivity index (χ4v) is 5.72. The molecule has 0 bridgehead atoms. The number of anilines is 2. The Morgan fingerprint density at radius 2 is 1.96 bits per heavy atom. The lowest BCUT2D eigenvalue weighted by Gasteiger charge is -2.33. The Hall–Kier alpha value is -2.69. The summed E-state index contributed by atoms with van der Waals surface area (Å²) in [5, 5.41) is 11.7. The molecule has 0 aliphatic carbocycles. The largest absolute Gasteiger partial charge is 0.453 e. The maximum atomic E-state index is 13.0.